The standard InChI is InChI=1S/C23H27N5O/c1-6-17-9-7-8-15(2)21(17)27-23-24-16(3)14-20(26-23)22(29)25-18-10-12-19(13-11-18)28(4)5/h7-14H,6H2,1-5H3,(H,25,29)(H,24,26,27). The number of aromatic nitrogens is 2. The highest BCUT2D eigenvalue weighted by Crippen LogP contribution is 2.24. The average molecular weight is 390 g/mol. The number of aryl methyl sites for hydroxylation is 3. The monoisotopic (exact) mass is 389 g/mol. The van der Waals surface area contributed by atoms with Crippen molar-refractivity contribution in [3.05, 3.63) is 71.0 Å². The zero-order chi connectivity index (χ0) is 21.0. The highest BCUT2D eigenvalue weighted by atomic mass is 16.1. The van der Waals surface area contributed by atoms with Crippen molar-refractivity contribution in [2.75, 3.05) is 29.6 Å². The van der Waals surface area contributed by atoms with Crippen LogP contribution in [-0.2, 0) is 6.42 Å². The predicted molar refractivity (Wildman–Crippen MR) is 119 cm³/mol. The molecule has 2 aromatic carbocycles. The smallest absolute Gasteiger partial charge is 0.274 e. The van der Waals surface area contributed by atoms with E-state index in [1.807, 2.05) is 69.2 Å². The molecule has 0 saturated heterocycles. The third-order valence-electron chi connectivity index (χ3n) is 4.71. The van der Waals surface area contributed by atoms with Gasteiger partial charge < -0.3 is 15.5 Å². The fraction of sp³-hybridized carbons (Fsp3) is 0.261. The van der Waals surface area contributed by atoms with Crippen LogP contribution >= 0.6 is 0 Å². The zero-order valence-corrected chi connectivity index (χ0v) is 17.6. The number of hydrogen-bond donors (Lipinski definition) is 2. The number of nitrogens with zero attached hydrogens (tertiary/aromatic N) is 3. The van der Waals surface area contributed by atoms with Crippen LogP contribution in [0.15, 0.2) is 48.5 Å². The van der Waals surface area contributed by atoms with E-state index in [1.165, 1.54) is 5.56 Å². The molecule has 0 bridgehead atoms. The van der Waals surface area contributed by atoms with E-state index in [0.717, 1.165) is 34.7 Å². The highest BCUT2D eigenvalue weighted by molar-refractivity contribution is 6.03. The third kappa shape index (κ3) is 4.90. The zero-order valence-electron chi connectivity index (χ0n) is 17.6. The van der Waals surface area contributed by atoms with Crippen molar-refractivity contribution in [2.24, 2.45) is 0 Å². The summed E-state index contributed by atoms with van der Waals surface area (Å²) in [6, 6.07) is 15.5. The molecule has 0 aliphatic rings. The minimum atomic E-state index is -0.267. The summed E-state index contributed by atoms with van der Waals surface area (Å²) in [6.45, 7) is 6.01. The Balaban J connectivity index is 1.82. The number of carbonyl (C=O) groups is 1. The van der Waals surface area contributed by atoms with Gasteiger partial charge in [-0.25, -0.2) is 9.97 Å². The average Bonchev–Trinajstić information content (AvgIpc) is 2.69. The van der Waals surface area contributed by atoms with E-state index in [-0.39, 0.29) is 5.91 Å². The number of anilines is 4. The lowest BCUT2D eigenvalue weighted by Crippen LogP contribution is -2.16. The molecule has 1 amide bonds. The molecule has 29 heavy (non-hydrogen) atoms. The maximum Gasteiger partial charge on any atom is 0.274 e. The molecule has 0 aliphatic heterocycles. The van der Waals surface area contributed by atoms with Crippen LogP contribution in [-0.4, -0.2) is 30.0 Å². The first kappa shape index (κ1) is 20.3. The lowest BCUT2D eigenvalue weighted by Gasteiger charge is -2.14. The summed E-state index contributed by atoms with van der Waals surface area (Å²) in [6.07, 6.45) is 0.895. The van der Waals surface area contributed by atoms with Crippen molar-refractivity contribution < 1.29 is 4.79 Å². The van der Waals surface area contributed by atoms with Gasteiger partial charge in [0, 0.05) is 36.9 Å². The van der Waals surface area contributed by atoms with E-state index in [9.17, 15) is 4.79 Å². The normalized spacial score (nSPS) is 10.5. The van der Waals surface area contributed by atoms with Crippen LogP contribution in [0.1, 0.15) is 34.2 Å². The molecule has 150 valence electrons. The third-order valence-corrected chi connectivity index (χ3v) is 4.71. The molecule has 0 aliphatic carbocycles. The second kappa shape index (κ2) is 8.73. The number of rotatable bonds is 6. The largest absolute Gasteiger partial charge is 0.378 e. The molecule has 0 atom stereocenters. The Morgan fingerprint density at radius 1 is 1.03 bits per heavy atom. The molecule has 0 saturated carbocycles. The first-order valence-electron chi connectivity index (χ1n) is 9.67. The van der Waals surface area contributed by atoms with Crippen molar-refractivity contribution in [2.45, 2.75) is 27.2 Å². The highest BCUT2D eigenvalue weighted by Gasteiger charge is 2.13. The molecule has 2 N–H and O–H groups in total. The molecule has 3 aromatic rings. The Hall–Kier alpha value is -3.41. The lowest BCUT2D eigenvalue weighted by atomic mass is 10.1. The molecule has 0 unspecified atom stereocenters. The van der Waals surface area contributed by atoms with Gasteiger partial charge in [-0.15, -0.1) is 0 Å². The van der Waals surface area contributed by atoms with Crippen LogP contribution in [0.4, 0.5) is 23.0 Å². The Morgan fingerprint density at radius 2 is 1.76 bits per heavy atom. The van der Waals surface area contributed by atoms with E-state index >= 15 is 0 Å². The van der Waals surface area contributed by atoms with Crippen LogP contribution in [0.2, 0.25) is 0 Å². The molecule has 0 radical (unpaired) electrons. The van der Waals surface area contributed by atoms with Crippen molar-refractivity contribution in [1.29, 1.82) is 0 Å². The van der Waals surface area contributed by atoms with E-state index in [4.69, 9.17) is 0 Å². The maximum atomic E-state index is 12.7. The van der Waals surface area contributed by atoms with Gasteiger partial charge in [0.2, 0.25) is 5.95 Å². The van der Waals surface area contributed by atoms with Gasteiger partial charge in [-0.3, -0.25) is 4.79 Å². The topological polar surface area (TPSA) is 70.2 Å². The van der Waals surface area contributed by atoms with Gasteiger partial charge >= 0.3 is 0 Å². The summed E-state index contributed by atoms with van der Waals surface area (Å²) >= 11 is 0. The minimum absolute atomic E-state index is 0.267. The van der Waals surface area contributed by atoms with E-state index in [2.05, 4.69) is 33.6 Å². The number of hydrogen-bond acceptors (Lipinski definition) is 5. The molecular formula is C23H27N5O. The summed E-state index contributed by atoms with van der Waals surface area (Å²) in [5.74, 6) is 0.152. The van der Waals surface area contributed by atoms with Gasteiger partial charge in [-0.1, -0.05) is 25.1 Å². The second-order valence-corrected chi connectivity index (χ2v) is 7.20. The number of nitrogens with one attached hydrogen (secondary N) is 2. The first-order valence-corrected chi connectivity index (χ1v) is 9.67. The van der Waals surface area contributed by atoms with Crippen molar-refractivity contribution in [1.82, 2.24) is 9.97 Å². The molecule has 1 heterocycles. The van der Waals surface area contributed by atoms with Gasteiger partial charge in [0.1, 0.15) is 5.69 Å². The van der Waals surface area contributed by atoms with Gasteiger partial charge in [-0.05, 0) is 61.7 Å². The summed E-state index contributed by atoms with van der Waals surface area (Å²) in [7, 11) is 3.95. The summed E-state index contributed by atoms with van der Waals surface area (Å²) in [4.78, 5) is 23.7. The van der Waals surface area contributed by atoms with Gasteiger partial charge in [0.15, 0.2) is 0 Å². The number of para-hydroxylation sites is 1. The molecule has 0 fully saturated rings. The Bertz CT molecular complexity index is 1010. The molecular weight excluding hydrogens is 362 g/mol. The molecule has 6 nitrogen and oxygen atoms in total. The van der Waals surface area contributed by atoms with E-state index in [0.29, 0.717) is 11.6 Å². The van der Waals surface area contributed by atoms with Gasteiger partial charge in [-0.2, -0.15) is 0 Å². The summed E-state index contributed by atoms with van der Waals surface area (Å²) in [5, 5.41) is 6.20. The first-order chi connectivity index (χ1) is 13.9. The Morgan fingerprint density at radius 3 is 2.41 bits per heavy atom. The SMILES string of the molecule is CCc1cccc(C)c1Nc1nc(C)cc(C(=O)Nc2ccc(N(C)C)cc2)n1. The van der Waals surface area contributed by atoms with Crippen LogP contribution in [0.3, 0.4) is 0 Å². The molecule has 1 aromatic heterocycles. The Kier molecular flexibility index (Phi) is 6.12. The molecule has 6 heteroatoms. The van der Waals surface area contributed by atoms with E-state index in [1.54, 1.807) is 6.07 Å². The van der Waals surface area contributed by atoms with Gasteiger partial charge in [0.25, 0.3) is 5.91 Å². The maximum absolute atomic E-state index is 12.7. The fourth-order valence-electron chi connectivity index (χ4n) is 3.09. The molecule has 0 spiro atoms. The van der Waals surface area contributed by atoms with Crippen molar-refractivity contribution in [3.8, 4) is 0 Å². The summed E-state index contributed by atoms with van der Waals surface area (Å²) in [5.41, 5.74) is 6.12. The lowest BCUT2D eigenvalue weighted by molar-refractivity contribution is 0.102. The number of benzene rings is 2. The van der Waals surface area contributed by atoms with Crippen LogP contribution < -0.4 is 15.5 Å². The van der Waals surface area contributed by atoms with Crippen LogP contribution in [0.25, 0.3) is 0 Å². The second-order valence-electron chi connectivity index (χ2n) is 7.20. The quantitative estimate of drug-likeness (QED) is 0.638. The summed E-state index contributed by atoms with van der Waals surface area (Å²) < 4.78 is 0. The Labute approximate surface area is 172 Å². The van der Waals surface area contributed by atoms with Crippen LogP contribution in [0.5, 0.6) is 0 Å². The van der Waals surface area contributed by atoms with E-state index < -0.39 is 0 Å². The molecule has 3 rings (SSSR count). The number of carbonyl (C=O) groups excluding carboxylic acids is 1. The van der Waals surface area contributed by atoms with Crippen molar-refractivity contribution in [3.63, 3.8) is 0 Å². The number of amides is 1. The predicted octanol–water partition coefficient (Wildman–Crippen LogP) is 4.72. The van der Waals surface area contributed by atoms with Gasteiger partial charge in [0.05, 0.1) is 0 Å². The van der Waals surface area contributed by atoms with Crippen LogP contribution in [0, 0.1) is 13.8 Å². The minimum Gasteiger partial charge on any atom is -0.378 e. The van der Waals surface area contributed by atoms with Crippen molar-refractivity contribution >= 4 is 28.9 Å². The fourth-order valence-corrected chi connectivity index (χ4v) is 3.09.